The molecule has 0 rings (SSSR count). The molecule has 0 aliphatic heterocycles. The monoisotopic (exact) mass is 242 g/mol. The van der Waals surface area contributed by atoms with E-state index in [2.05, 4.69) is 10.6 Å². The van der Waals surface area contributed by atoms with Crippen LogP contribution in [0.4, 0.5) is 4.79 Å². The number of rotatable bonds is 8. The van der Waals surface area contributed by atoms with E-state index in [9.17, 15) is 9.59 Å². The average molecular weight is 242 g/mol. The van der Waals surface area contributed by atoms with Crippen LogP contribution in [-0.4, -0.2) is 30.2 Å². The largest absolute Gasteiger partial charge is 0.481 e. The Balaban J connectivity index is 3.42. The smallest absolute Gasteiger partial charge is 0.314 e. The summed E-state index contributed by atoms with van der Waals surface area (Å²) >= 11 is 0. The molecule has 1 atom stereocenters. The van der Waals surface area contributed by atoms with Crippen molar-refractivity contribution in [3.05, 3.63) is 12.2 Å². The van der Waals surface area contributed by atoms with Crippen molar-refractivity contribution in [2.24, 2.45) is 5.92 Å². The van der Waals surface area contributed by atoms with E-state index in [1.165, 1.54) is 0 Å². The lowest BCUT2D eigenvalue weighted by Gasteiger charge is -2.08. The van der Waals surface area contributed by atoms with Gasteiger partial charge in [-0.3, -0.25) is 4.79 Å². The highest BCUT2D eigenvalue weighted by molar-refractivity contribution is 5.73. The van der Waals surface area contributed by atoms with Gasteiger partial charge in [0.2, 0.25) is 0 Å². The van der Waals surface area contributed by atoms with Crippen molar-refractivity contribution in [1.29, 1.82) is 0 Å². The molecule has 3 N–H and O–H groups in total. The predicted molar refractivity (Wildman–Crippen MR) is 66.9 cm³/mol. The number of carboxylic acid groups (broad SMARTS) is 1. The van der Waals surface area contributed by atoms with Crippen LogP contribution in [0.2, 0.25) is 0 Å². The summed E-state index contributed by atoms with van der Waals surface area (Å²) in [5, 5.41) is 14.0. The van der Waals surface area contributed by atoms with Gasteiger partial charge in [-0.05, 0) is 26.2 Å². The molecule has 0 aromatic rings. The van der Waals surface area contributed by atoms with Gasteiger partial charge in [0, 0.05) is 13.1 Å². The second-order valence-corrected chi connectivity index (χ2v) is 3.92. The van der Waals surface area contributed by atoms with Gasteiger partial charge in [0.05, 0.1) is 5.92 Å². The minimum absolute atomic E-state index is 0.197. The van der Waals surface area contributed by atoms with Crippen LogP contribution in [0.15, 0.2) is 12.2 Å². The number of carboxylic acids is 1. The molecule has 0 bridgehead atoms. The van der Waals surface area contributed by atoms with Gasteiger partial charge < -0.3 is 15.7 Å². The Hall–Kier alpha value is -1.52. The normalized spacial score (nSPS) is 12.4. The fourth-order valence-corrected chi connectivity index (χ4v) is 1.23. The summed E-state index contributed by atoms with van der Waals surface area (Å²) in [6, 6.07) is -0.197. The number of carbonyl (C=O) groups is 2. The van der Waals surface area contributed by atoms with Crippen molar-refractivity contribution in [3.8, 4) is 0 Å². The number of nitrogens with one attached hydrogen (secondary N) is 2. The highest BCUT2D eigenvalue weighted by Gasteiger charge is 2.09. The van der Waals surface area contributed by atoms with E-state index in [1.54, 1.807) is 6.92 Å². The number of carbonyl (C=O) groups excluding carboxylic acids is 1. The van der Waals surface area contributed by atoms with Gasteiger partial charge in [0.1, 0.15) is 0 Å². The molecular formula is C12H22N2O3. The van der Waals surface area contributed by atoms with Crippen LogP contribution in [-0.2, 0) is 4.79 Å². The van der Waals surface area contributed by atoms with E-state index in [1.807, 2.05) is 19.1 Å². The quantitative estimate of drug-likeness (QED) is 0.448. The zero-order chi connectivity index (χ0) is 13.1. The van der Waals surface area contributed by atoms with E-state index in [0.717, 1.165) is 6.42 Å². The number of hydrogen-bond acceptors (Lipinski definition) is 2. The summed E-state index contributed by atoms with van der Waals surface area (Å²) in [4.78, 5) is 21.7. The van der Waals surface area contributed by atoms with Gasteiger partial charge >= 0.3 is 12.0 Å². The van der Waals surface area contributed by atoms with Crippen molar-refractivity contribution in [2.75, 3.05) is 13.1 Å². The lowest BCUT2D eigenvalue weighted by Crippen LogP contribution is -2.36. The summed E-state index contributed by atoms with van der Waals surface area (Å²) in [7, 11) is 0. The molecule has 0 fully saturated rings. The van der Waals surface area contributed by atoms with Crippen LogP contribution < -0.4 is 10.6 Å². The van der Waals surface area contributed by atoms with E-state index in [-0.39, 0.29) is 11.9 Å². The molecule has 1 unspecified atom stereocenters. The van der Waals surface area contributed by atoms with Crippen molar-refractivity contribution in [1.82, 2.24) is 10.6 Å². The summed E-state index contributed by atoms with van der Waals surface area (Å²) in [6.07, 6.45) is 5.99. The third kappa shape index (κ3) is 9.41. The number of hydrogen-bond donors (Lipinski definition) is 3. The van der Waals surface area contributed by atoms with Crippen LogP contribution >= 0.6 is 0 Å². The number of allylic oxidation sites excluding steroid dienone is 1. The molecule has 2 amide bonds. The maximum Gasteiger partial charge on any atom is 0.314 e. The van der Waals surface area contributed by atoms with Crippen LogP contribution in [0.25, 0.3) is 0 Å². The van der Waals surface area contributed by atoms with E-state index >= 15 is 0 Å². The fraction of sp³-hybridized carbons (Fsp3) is 0.667. The maximum absolute atomic E-state index is 11.2. The maximum atomic E-state index is 11.2. The topological polar surface area (TPSA) is 78.4 Å². The molecule has 0 aromatic heterocycles. The van der Waals surface area contributed by atoms with Crippen molar-refractivity contribution < 1.29 is 14.7 Å². The lowest BCUT2D eigenvalue weighted by molar-refractivity contribution is -0.141. The molecule has 0 heterocycles. The molecule has 5 nitrogen and oxygen atoms in total. The minimum Gasteiger partial charge on any atom is -0.481 e. The Kier molecular flexibility index (Phi) is 8.82. The lowest BCUT2D eigenvalue weighted by atomic mass is 10.1. The molecule has 0 radical (unpaired) electrons. The van der Waals surface area contributed by atoms with Crippen LogP contribution in [0, 0.1) is 5.92 Å². The summed E-state index contributed by atoms with van der Waals surface area (Å²) in [5.41, 5.74) is 0. The third-order valence-electron chi connectivity index (χ3n) is 2.35. The van der Waals surface area contributed by atoms with Crippen molar-refractivity contribution >= 4 is 12.0 Å². The van der Waals surface area contributed by atoms with Gasteiger partial charge in [0.15, 0.2) is 0 Å². The second-order valence-electron chi connectivity index (χ2n) is 3.92. The van der Waals surface area contributed by atoms with Crippen molar-refractivity contribution in [2.45, 2.75) is 33.1 Å². The van der Waals surface area contributed by atoms with E-state index in [4.69, 9.17) is 5.11 Å². The zero-order valence-corrected chi connectivity index (χ0v) is 10.5. The van der Waals surface area contributed by atoms with E-state index in [0.29, 0.717) is 25.9 Å². The number of aliphatic carboxylic acids is 1. The minimum atomic E-state index is -0.791. The molecular weight excluding hydrogens is 220 g/mol. The number of amides is 2. The Morgan fingerprint density at radius 3 is 2.53 bits per heavy atom. The SMILES string of the molecule is C/C=C/CCNC(=O)NCCCC(C)C(=O)O. The Morgan fingerprint density at radius 2 is 1.94 bits per heavy atom. The van der Waals surface area contributed by atoms with Gasteiger partial charge in [-0.25, -0.2) is 4.79 Å². The summed E-state index contributed by atoms with van der Waals surface area (Å²) in [5.74, 6) is -1.14. The molecule has 0 aliphatic rings. The van der Waals surface area contributed by atoms with Crippen LogP contribution in [0.1, 0.15) is 33.1 Å². The fourth-order valence-electron chi connectivity index (χ4n) is 1.23. The van der Waals surface area contributed by atoms with Crippen LogP contribution in [0.3, 0.4) is 0 Å². The zero-order valence-electron chi connectivity index (χ0n) is 10.5. The molecule has 0 aromatic carbocycles. The van der Waals surface area contributed by atoms with E-state index < -0.39 is 5.97 Å². The van der Waals surface area contributed by atoms with Crippen molar-refractivity contribution in [3.63, 3.8) is 0 Å². The Morgan fingerprint density at radius 1 is 1.29 bits per heavy atom. The Bertz CT molecular complexity index is 264. The first-order valence-electron chi connectivity index (χ1n) is 5.93. The predicted octanol–water partition coefficient (Wildman–Crippen LogP) is 1.75. The molecule has 17 heavy (non-hydrogen) atoms. The summed E-state index contributed by atoms with van der Waals surface area (Å²) < 4.78 is 0. The number of urea groups is 1. The van der Waals surface area contributed by atoms with Gasteiger partial charge in [-0.1, -0.05) is 19.1 Å². The molecule has 0 saturated heterocycles. The van der Waals surface area contributed by atoms with Crippen LogP contribution in [0.5, 0.6) is 0 Å². The molecule has 0 aliphatic carbocycles. The molecule has 0 saturated carbocycles. The average Bonchev–Trinajstić information content (AvgIpc) is 2.29. The first-order valence-corrected chi connectivity index (χ1v) is 5.93. The first kappa shape index (κ1) is 15.5. The van der Waals surface area contributed by atoms with Gasteiger partial charge in [-0.15, -0.1) is 0 Å². The highest BCUT2D eigenvalue weighted by Crippen LogP contribution is 2.03. The third-order valence-corrected chi connectivity index (χ3v) is 2.35. The standard InChI is InChI=1S/C12H22N2O3/c1-3-4-5-8-13-12(17)14-9-6-7-10(2)11(15)16/h3-4,10H,5-9H2,1-2H3,(H,15,16)(H2,13,14,17)/b4-3+. The first-order chi connectivity index (χ1) is 8.07. The highest BCUT2D eigenvalue weighted by atomic mass is 16.4. The summed E-state index contributed by atoms with van der Waals surface area (Å²) in [6.45, 7) is 4.72. The van der Waals surface area contributed by atoms with Gasteiger partial charge in [-0.2, -0.15) is 0 Å². The Labute approximate surface area is 102 Å². The molecule has 5 heteroatoms. The second kappa shape index (κ2) is 9.69. The molecule has 0 spiro atoms. The molecule has 98 valence electrons. The van der Waals surface area contributed by atoms with Gasteiger partial charge in [0.25, 0.3) is 0 Å².